The number of aliphatic carboxylic acids is 1. The predicted octanol–water partition coefficient (Wildman–Crippen LogP) is -0.216. The van der Waals surface area contributed by atoms with Crippen LogP contribution in [0.3, 0.4) is 0 Å². The second-order valence-electron chi connectivity index (χ2n) is 3.05. The summed E-state index contributed by atoms with van der Waals surface area (Å²) < 4.78 is 0. The van der Waals surface area contributed by atoms with E-state index >= 15 is 0 Å². The number of nitrogens with zero attached hydrogens (tertiary/aromatic N) is 3. The normalized spacial score (nSPS) is 17.3. The lowest BCUT2D eigenvalue weighted by Gasteiger charge is -1.90. The summed E-state index contributed by atoms with van der Waals surface area (Å²) in [6.45, 7) is 3.48. The van der Waals surface area contributed by atoms with E-state index in [4.69, 9.17) is 5.11 Å². The Morgan fingerprint density at radius 3 is 2.73 bits per heavy atom. The summed E-state index contributed by atoms with van der Waals surface area (Å²) >= 11 is 0. The van der Waals surface area contributed by atoms with Crippen LogP contribution in [-0.4, -0.2) is 34.4 Å². The monoisotopic (exact) mass is 210 g/mol. The minimum absolute atomic E-state index is 0.0254. The van der Waals surface area contributed by atoms with Crippen LogP contribution >= 0.6 is 0 Å². The third-order valence-corrected chi connectivity index (χ3v) is 1.39. The molecular formula is C8H10N4O3. The lowest BCUT2D eigenvalue weighted by atomic mass is 10.3. The predicted molar refractivity (Wildman–Crippen MR) is 54.0 cm³/mol. The molecule has 0 unspecified atom stereocenters. The molecule has 7 heteroatoms. The highest BCUT2D eigenvalue weighted by Gasteiger charge is 2.23. The van der Waals surface area contributed by atoms with E-state index in [1.807, 2.05) is 0 Å². The van der Waals surface area contributed by atoms with Crippen LogP contribution in [0.2, 0.25) is 0 Å². The molecule has 2 N–H and O–H groups in total. The van der Waals surface area contributed by atoms with E-state index in [0.717, 1.165) is 0 Å². The third-order valence-electron chi connectivity index (χ3n) is 1.39. The van der Waals surface area contributed by atoms with Crippen LogP contribution in [0, 0.1) is 0 Å². The van der Waals surface area contributed by atoms with Crippen LogP contribution in [0.15, 0.2) is 15.2 Å². The standard InChI is InChI=1S/C8H10N4O3/c1-4(2)11-12-8-9-5(3-6(13)14)7(15)10-8/h3H2,1-2H3,(H,13,14)(H,10,12,15). The Bertz CT molecular complexity index is 391. The lowest BCUT2D eigenvalue weighted by molar-refractivity contribution is -0.136. The zero-order valence-corrected chi connectivity index (χ0v) is 8.31. The van der Waals surface area contributed by atoms with Crippen LogP contribution < -0.4 is 5.32 Å². The van der Waals surface area contributed by atoms with Gasteiger partial charge in [0, 0.05) is 5.71 Å². The first-order valence-electron chi connectivity index (χ1n) is 4.18. The first kappa shape index (κ1) is 11.0. The first-order valence-corrected chi connectivity index (χ1v) is 4.18. The number of aliphatic imine (C=N–C) groups is 1. The van der Waals surface area contributed by atoms with Crippen molar-refractivity contribution in [2.45, 2.75) is 20.3 Å². The summed E-state index contributed by atoms with van der Waals surface area (Å²) in [7, 11) is 0. The maximum absolute atomic E-state index is 11.1. The molecule has 0 bridgehead atoms. The van der Waals surface area contributed by atoms with Crippen molar-refractivity contribution < 1.29 is 14.7 Å². The average Bonchev–Trinajstić information content (AvgIpc) is 2.43. The van der Waals surface area contributed by atoms with Crippen LogP contribution in [0.25, 0.3) is 0 Å². The van der Waals surface area contributed by atoms with Crippen molar-refractivity contribution in [1.29, 1.82) is 0 Å². The van der Waals surface area contributed by atoms with Crippen LogP contribution in [0.4, 0.5) is 0 Å². The molecule has 0 aromatic heterocycles. The van der Waals surface area contributed by atoms with Gasteiger partial charge in [-0.2, -0.15) is 5.10 Å². The molecule has 0 spiro atoms. The molecule has 80 valence electrons. The number of hydrogen-bond donors (Lipinski definition) is 2. The van der Waals surface area contributed by atoms with Gasteiger partial charge in [-0.15, -0.1) is 5.10 Å². The van der Waals surface area contributed by atoms with Gasteiger partial charge in [0.2, 0.25) is 5.96 Å². The van der Waals surface area contributed by atoms with Crippen molar-refractivity contribution >= 4 is 29.3 Å². The number of carboxylic acids is 1. The number of guanidine groups is 1. The number of hydrogen-bond acceptors (Lipinski definition) is 4. The highest BCUT2D eigenvalue weighted by molar-refractivity contribution is 6.48. The first-order chi connectivity index (χ1) is 6.99. The minimum Gasteiger partial charge on any atom is -0.481 e. The Hall–Kier alpha value is -2.05. The molecule has 0 atom stereocenters. The Labute approximate surface area is 85.6 Å². The highest BCUT2D eigenvalue weighted by Crippen LogP contribution is 1.98. The smallest absolute Gasteiger partial charge is 0.309 e. The van der Waals surface area contributed by atoms with Crippen molar-refractivity contribution in [2.75, 3.05) is 0 Å². The number of amides is 1. The second-order valence-corrected chi connectivity index (χ2v) is 3.05. The minimum atomic E-state index is -1.11. The van der Waals surface area contributed by atoms with Gasteiger partial charge in [-0.3, -0.25) is 14.9 Å². The van der Waals surface area contributed by atoms with Crippen molar-refractivity contribution in [2.24, 2.45) is 15.2 Å². The van der Waals surface area contributed by atoms with Gasteiger partial charge in [0.25, 0.3) is 5.91 Å². The van der Waals surface area contributed by atoms with Gasteiger partial charge in [-0.25, -0.2) is 4.99 Å². The van der Waals surface area contributed by atoms with Crippen molar-refractivity contribution in [1.82, 2.24) is 5.32 Å². The van der Waals surface area contributed by atoms with Gasteiger partial charge in [0.1, 0.15) is 5.71 Å². The number of nitrogens with one attached hydrogen (secondary N) is 1. The van der Waals surface area contributed by atoms with Gasteiger partial charge in [-0.1, -0.05) is 0 Å². The maximum atomic E-state index is 11.1. The molecule has 1 aliphatic rings. The van der Waals surface area contributed by atoms with Gasteiger partial charge >= 0.3 is 5.97 Å². The maximum Gasteiger partial charge on any atom is 0.309 e. The molecule has 0 aliphatic carbocycles. The summed E-state index contributed by atoms with van der Waals surface area (Å²) in [6.07, 6.45) is -0.417. The fraction of sp³-hybridized carbons (Fsp3) is 0.375. The number of carbonyl (C=O) groups excluding carboxylic acids is 1. The molecule has 1 aliphatic heterocycles. The number of carboxylic acid groups (broad SMARTS) is 1. The summed E-state index contributed by atoms with van der Waals surface area (Å²) in [5.74, 6) is -1.63. The molecule has 0 aromatic rings. The molecule has 1 amide bonds. The zero-order valence-electron chi connectivity index (χ0n) is 8.31. The Balaban J connectivity index is 2.79. The van der Waals surface area contributed by atoms with E-state index in [9.17, 15) is 9.59 Å². The number of rotatable bonds is 3. The summed E-state index contributed by atoms with van der Waals surface area (Å²) in [4.78, 5) is 25.2. The topological polar surface area (TPSA) is 103 Å². The van der Waals surface area contributed by atoms with E-state index in [0.29, 0.717) is 5.71 Å². The van der Waals surface area contributed by atoms with Gasteiger partial charge < -0.3 is 5.11 Å². The second kappa shape index (κ2) is 4.45. The van der Waals surface area contributed by atoms with E-state index < -0.39 is 18.3 Å². The third kappa shape index (κ3) is 3.29. The van der Waals surface area contributed by atoms with Gasteiger partial charge in [0.15, 0.2) is 0 Å². The molecule has 0 fully saturated rings. The highest BCUT2D eigenvalue weighted by atomic mass is 16.4. The molecule has 0 saturated carbocycles. The average molecular weight is 210 g/mol. The Morgan fingerprint density at radius 2 is 2.20 bits per heavy atom. The van der Waals surface area contributed by atoms with Crippen molar-refractivity contribution in [3.63, 3.8) is 0 Å². The van der Waals surface area contributed by atoms with E-state index in [1.165, 1.54) is 0 Å². The Kier molecular flexibility index (Phi) is 3.27. The van der Waals surface area contributed by atoms with E-state index in [1.54, 1.807) is 13.8 Å². The van der Waals surface area contributed by atoms with Crippen LogP contribution in [-0.2, 0) is 9.59 Å². The molecule has 0 aromatic carbocycles. The fourth-order valence-electron chi connectivity index (χ4n) is 0.838. The van der Waals surface area contributed by atoms with Crippen LogP contribution in [0.5, 0.6) is 0 Å². The fourth-order valence-corrected chi connectivity index (χ4v) is 0.838. The molecule has 15 heavy (non-hydrogen) atoms. The summed E-state index contributed by atoms with van der Waals surface area (Å²) in [6, 6.07) is 0. The van der Waals surface area contributed by atoms with Crippen molar-refractivity contribution in [3.05, 3.63) is 0 Å². The largest absolute Gasteiger partial charge is 0.481 e. The van der Waals surface area contributed by atoms with E-state index in [2.05, 4.69) is 20.5 Å². The van der Waals surface area contributed by atoms with Gasteiger partial charge in [0.05, 0.1) is 6.42 Å². The molecule has 0 saturated heterocycles. The molecule has 1 heterocycles. The summed E-state index contributed by atoms with van der Waals surface area (Å²) in [5, 5.41) is 18.1. The van der Waals surface area contributed by atoms with Gasteiger partial charge in [-0.05, 0) is 13.8 Å². The SMILES string of the molecule is CC(C)=NN=C1N=C(CC(=O)O)C(=O)N1. The Morgan fingerprint density at radius 1 is 1.53 bits per heavy atom. The molecule has 1 rings (SSSR count). The van der Waals surface area contributed by atoms with Crippen molar-refractivity contribution in [3.8, 4) is 0 Å². The number of carbonyl (C=O) groups is 2. The zero-order chi connectivity index (χ0) is 11.4. The lowest BCUT2D eigenvalue weighted by Crippen LogP contribution is -2.27. The quantitative estimate of drug-likeness (QED) is 0.497. The molecular weight excluding hydrogens is 200 g/mol. The summed E-state index contributed by atoms with van der Waals surface area (Å²) in [5.41, 5.74) is 0.642. The molecule has 7 nitrogen and oxygen atoms in total. The molecule has 0 radical (unpaired) electrons. The van der Waals surface area contributed by atoms with E-state index in [-0.39, 0.29) is 11.7 Å². The van der Waals surface area contributed by atoms with Crippen LogP contribution in [0.1, 0.15) is 20.3 Å².